The van der Waals surface area contributed by atoms with E-state index in [9.17, 15) is 9.59 Å². The molecule has 0 atom stereocenters. The van der Waals surface area contributed by atoms with Crippen LogP contribution in [0, 0.1) is 0 Å². The first-order valence-electron chi connectivity index (χ1n) is 8.14. The van der Waals surface area contributed by atoms with Gasteiger partial charge in [-0.1, -0.05) is 42.5 Å². The number of hydrogen-bond donors (Lipinski definition) is 1. The van der Waals surface area contributed by atoms with E-state index in [0.29, 0.717) is 12.1 Å². The lowest BCUT2D eigenvalue weighted by molar-refractivity contribution is 0.0956. The van der Waals surface area contributed by atoms with Crippen molar-refractivity contribution in [2.45, 2.75) is 5.75 Å². The standard InChI is InChI=1S/C20H20N2O2S/c1-22-11-9-16(13-19(22)23)20(24)21-10-12-25-14-17-7-4-6-15-5-2-3-8-18(15)17/h2-9,11,13H,10,12,14H2,1H3,(H,21,24). The maximum atomic E-state index is 12.0. The summed E-state index contributed by atoms with van der Waals surface area (Å²) in [5.41, 5.74) is 1.53. The summed E-state index contributed by atoms with van der Waals surface area (Å²) in [6.07, 6.45) is 1.60. The summed E-state index contributed by atoms with van der Waals surface area (Å²) in [6.45, 7) is 0.573. The average molecular weight is 352 g/mol. The number of carbonyl (C=O) groups is 1. The second kappa shape index (κ2) is 8.03. The zero-order valence-electron chi connectivity index (χ0n) is 14.1. The molecular formula is C20H20N2O2S. The Hall–Kier alpha value is -2.53. The molecule has 2 aromatic carbocycles. The van der Waals surface area contributed by atoms with Crippen LogP contribution in [-0.4, -0.2) is 22.8 Å². The number of nitrogens with zero attached hydrogens (tertiary/aromatic N) is 1. The molecule has 4 nitrogen and oxygen atoms in total. The van der Waals surface area contributed by atoms with Crippen LogP contribution in [0.2, 0.25) is 0 Å². The second-order valence-corrected chi connectivity index (χ2v) is 6.92. The molecule has 0 saturated carbocycles. The molecule has 0 bridgehead atoms. The van der Waals surface area contributed by atoms with Gasteiger partial charge in [0.05, 0.1) is 0 Å². The Morgan fingerprint density at radius 1 is 1.12 bits per heavy atom. The number of amides is 1. The van der Waals surface area contributed by atoms with Gasteiger partial charge in [-0.25, -0.2) is 0 Å². The lowest BCUT2D eigenvalue weighted by Gasteiger charge is -2.08. The highest BCUT2D eigenvalue weighted by Crippen LogP contribution is 2.22. The summed E-state index contributed by atoms with van der Waals surface area (Å²) in [5, 5.41) is 5.39. The Balaban J connectivity index is 1.49. The number of thioether (sulfide) groups is 1. The van der Waals surface area contributed by atoms with Crippen molar-refractivity contribution in [3.63, 3.8) is 0 Å². The predicted octanol–water partition coefficient (Wildman–Crippen LogP) is 3.20. The summed E-state index contributed by atoms with van der Waals surface area (Å²) in [4.78, 5) is 23.6. The van der Waals surface area contributed by atoms with E-state index in [4.69, 9.17) is 0 Å². The first-order valence-corrected chi connectivity index (χ1v) is 9.30. The van der Waals surface area contributed by atoms with E-state index in [1.165, 1.54) is 27.0 Å². The van der Waals surface area contributed by atoms with Crippen LogP contribution in [0.25, 0.3) is 10.8 Å². The molecule has 1 amide bonds. The smallest absolute Gasteiger partial charge is 0.251 e. The van der Waals surface area contributed by atoms with Gasteiger partial charge in [0.25, 0.3) is 11.5 Å². The van der Waals surface area contributed by atoms with Gasteiger partial charge in [-0.15, -0.1) is 0 Å². The summed E-state index contributed by atoms with van der Waals surface area (Å²) in [7, 11) is 1.66. The molecule has 3 aromatic rings. The molecule has 0 saturated heterocycles. The van der Waals surface area contributed by atoms with E-state index in [1.807, 2.05) is 6.07 Å². The fourth-order valence-corrected chi connectivity index (χ4v) is 3.49. The van der Waals surface area contributed by atoms with Gasteiger partial charge >= 0.3 is 0 Å². The Bertz CT molecular complexity index is 944. The Labute approximate surface area is 150 Å². The molecule has 1 heterocycles. The number of aromatic nitrogens is 1. The third kappa shape index (κ3) is 4.31. The third-order valence-electron chi connectivity index (χ3n) is 4.04. The van der Waals surface area contributed by atoms with Crippen LogP contribution in [-0.2, 0) is 12.8 Å². The minimum absolute atomic E-state index is 0.182. The average Bonchev–Trinajstić information content (AvgIpc) is 2.63. The summed E-state index contributed by atoms with van der Waals surface area (Å²) < 4.78 is 1.44. The maximum Gasteiger partial charge on any atom is 0.251 e. The van der Waals surface area contributed by atoms with Crippen molar-refractivity contribution in [3.8, 4) is 0 Å². The van der Waals surface area contributed by atoms with Gasteiger partial charge in [0.2, 0.25) is 0 Å². The van der Waals surface area contributed by atoms with Gasteiger partial charge < -0.3 is 9.88 Å². The Morgan fingerprint density at radius 3 is 2.76 bits per heavy atom. The fraction of sp³-hybridized carbons (Fsp3) is 0.200. The van der Waals surface area contributed by atoms with Crippen molar-refractivity contribution >= 4 is 28.4 Å². The number of pyridine rings is 1. The molecule has 0 fully saturated rings. The Morgan fingerprint density at radius 2 is 1.92 bits per heavy atom. The number of nitrogens with one attached hydrogen (secondary N) is 1. The van der Waals surface area contributed by atoms with Crippen LogP contribution in [0.15, 0.2) is 65.6 Å². The number of rotatable bonds is 6. The molecule has 0 aliphatic heterocycles. The molecule has 1 aromatic heterocycles. The fourth-order valence-electron chi connectivity index (χ4n) is 2.63. The van der Waals surface area contributed by atoms with Crippen LogP contribution < -0.4 is 10.9 Å². The number of fused-ring (bicyclic) bond motifs is 1. The van der Waals surface area contributed by atoms with Crippen molar-refractivity contribution < 1.29 is 4.79 Å². The SMILES string of the molecule is Cn1ccc(C(=O)NCCSCc2cccc3ccccc23)cc1=O. The van der Waals surface area contributed by atoms with Crippen molar-refractivity contribution in [1.29, 1.82) is 0 Å². The molecule has 0 radical (unpaired) electrons. The normalized spacial score (nSPS) is 10.8. The van der Waals surface area contributed by atoms with E-state index >= 15 is 0 Å². The van der Waals surface area contributed by atoms with Crippen LogP contribution in [0.3, 0.4) is 0 Å². The highest BCUT2D eigenvalue weighted by molar-refractivity contribution is 7.98. The minimum atomic E-state index is -0.205. The third-order valence-corrected chi connectivity index (χ3v) is 5.04. The molecule has 25 heavy (non-hydrogen) atoms. The second-order valence-electron chi connectivity index (χ2n) is 5.81. The van der Waals surface area contributed by atoms with Crippen LogP contribution in [0.5, 0.6) is 0 Å². The number of carbonyl (C=O) groups excluding carboxylic acids is 1. The molecule has 0 unspecified atom stereocenters. The predicted molar refractivity (Wildman–Crippen MR) is 104 cm³/mol. The van der Waals surface area contributed by atoms with Crippen molar-refractivity contribution in [3.05, 3.63) is 82.3 Å². The van der Waals surface area contributed by atoms with Crippen molar-refractivity contribution in [2.24, 2.45) is 7.05 Å². The van der Waals surface area contributed by atoms with Crippen LogP contribution in [0.4, 0.5) is 0 Å². The highest BCUT2D eigenvalue weighted by Gasteiger charge is 2.06. The van der Waals surface area contributed by atoms with E-state index < -0.39 is 0 Å². The van der Waals surface area contributed by atoms with Crippen LogP contribution >= 0.6 is 11.8 Å². The van der Waals surface area contributed by atoms with Crippen molar-refractivity contribution in [2.75, 3.05) is 12.3 Å². The number of hydrogen-bond acceptors (Lipinski definition) is 3. The molecule has 5 heteroatoms. The lowest BCUT2D eigenvalue weighted by Crippen LogP contribution is -2.27. The minimum Gasteiger partial charge on any atom is -0.351 e. The highest BCUT2D eigenvalue weighted by atomic mass is 32.2. The van der Waals surface area contributed by atoms with Gasteiger partial charge in [0, 0.05) is 42.9 Å². The molecule has 1 N–H and O–H groups in total. The summed E-state index contributed by atoms with van der Waals surface area (Å²) in [5.74, 6) is 1.52. The first kappa shape index (κ1) is 17.3. The largest absolute Gasteiger partial charge is 0.351 e. The zero-order valence-corrected chi connectivity index (χ0v) is 14.9. The molecular weight excluding hydrogens is 332 g/mol. The van der Waals surface area contributed by atoms with Gasteiger partial charge in [-0.2, -0.15) is 11.8 Å². The molecule has 0 spiro atoms. The van der Waals surface area contributed by atoms with Crippen LogP contribution in [0.1, 0.15) is 15.9 Å². The summed E-state index contributed by atoms with van der Waals surface area (Å²) in [6, 6.07) is 17.7. The lowest BCUT2D eigenvalue weighted by atomic mass is 10.1. The molecule has 0 aliphatic rings. The monoisotopic (exact) mass is 352 g/mol. The quantitative estimate of drug-likeness (QED) is 0.693. The van der Waals surface area contributed by atoms with Gasteiger partial charge in [0.15, 0.2) is 0 Å². The number of aryl methyl sites for hydroxylation is 1. The van der Waals surface area contributed by atoms with Crippen molar-refractivity contribution in [1.82, 2.24) is 9.88 Å². The van der Waals surface area contributed by atoms with E-state index in [2.05, 4.69) is 41.7 Å². The van der Waals surface area contributed by atoms with Gasteiger partial charge in [0.1, 0.15) is 0 Å². The first-order chi connectivity index (χ1) is 12.1. The van der Waals surface area contributed by atoms with E-state index in [1.54, 1.807) is 31.1 Å². The van der Waals surface area contributed by atoms with Gasteiger partial charge in [-0.3, -0.25) is 9.59 Å². The van der Waals surface area contributed by atoms with E-state index in [0.717, 1.165) is 11.5 Å². The number of benzene rings is 2. The molecule has 3 rings (SSSR count). The Kier molecular flexibility index (Phi) is 5.56. The summed E-state index contributed by atoms with van der Waals surface area (Å²) >= 11 is 1.78. The maximum absolute atomic E-state index is 12.0. The topological polar surface area (TPSA) is 51.1 Å². The van der Waals surface area contributed by atoms with E-state index in [-0.39, 0.29) is 11.5 Å². The molecule has 0 aliphatic carbocycles. The molecule has 128 valence electrons. The zero-order chi connectivity index (χ0) is 17.6. The van der Waals surface area contributed by atoms with Gasteiger partial charge in [-0.05, 0) is 22.4 Å².